The first-order valence-corrected chi connectivity index (χ1v) is 8.21. The lowest BCUT2D eigenvalue weighted by atomic mass is 10.1. The van der Waals surface area contributed by atoms with E-state index < -0.39 is 6.10 Å². The monoisotopic (exact) mass is 331 g/mol. The van der Waals surface area contributed by atoms with E-state index in [-0.39, 0.29) is 5.91 Å². The molecule has 0 saturated carbocycles. The number of amides is 1. The average molecular weight is 332 g/mol. The molecule has 0 bridgehead atoms. The van der Waals surface area contributed by atoms with E-state index in [9.17, 15) is 4.79 Å². The minimum Gasteiger partial charge on any atom is -0.481 e. The second-order valence-electron chi connectivity index (χ2n) is 5.50. The summed E-state index contributed by atoms with van der Waals surface area (Å²) >= 11 is 5.86. The molecule has 122 valence electrons. The van der Waals surface area contributed by atoms with E-state index in [1.54, 1.807) is 0 Å². The van der Waals surface area contributed by atoms with Crippen LogP contribution in [0.3, 0.4) is 0 Å². The zero-order valence-corrected chi connectivity index (χ0v) is 14.3. The van der Waals surface area contributed by atoms with Crippen LogP contribution in [-0.2, 0) is 11.2 Å². The van der Waals surface area contributed by atoms with Crippen LogP contribution in [0.4, 0.5) is 0 Å². The van der Waals surface area contributed by atoms with Gasteiger partial charge in [-0.2, -0.15) is 0 Å². The number of carbonyl (C=O) groups excluding carboxylic acids is 1. The summed E-state index contributed by atoms with van der Waals surface area (Å²) < 4.78 is 5.77. The molecule has 0 unspecified atom stereocenters. The Kier molecular flexibility index (Phi) is 6.48. The number of nitrogens with one attached hydrogen (secondary N) is 1. The quantitative estimate of drug-likeness (QED) is 0.827. The van der Waals surface area contributed by atoms with Crippen LogP contribution < -0.4 is 10.1 Å². The minimum absolute atomic E-state index is 0.0814. The standard InChI is InChI=1S/C19H22ClNO2/c1-3-18(23-17-10-4-14(2)5-11-17)19(22)21-13-12-15-6-8-16(20)9-7-15/h4-11,18H,3,12-13H2,1-2H3,(H,21,22)/t18-/m1/s1. The summed E-state index contributed by atoms with van der Waals surface area (Å²) in [6.07, 6.45) is 0.924. The Labute approximate surface area is 142 Å². The van der Waals surface area contributed by atoms with Crippen molar-refractivity contribution in [2.75, 3.05) is 6.54 Å². The van der Waals surface area contributed by atoms with Crippen LogP contribution in [0.1, 0.15) is 24.5 Å². The Morgan fingerprint density at radius 1 is 1.13 bits per heavy atom. The van der Waals surface area contributed by atoms with E-state index >= 15 is 0 Å². The van der Waals surface area contributed by atoms with Gasteiger partial charge in [0, 0.05) is 11.6 Å². The highest BCUT2D eigenvalue weighted by Crippen LogP contribution is 2.15. The van der Waals surface area contributed by atoms with Gasteiger partial charge in [-0.3, -0.25) is 4.79 Å². The molecule has 0 fully saturated rings. The van der Waals surface area contributed by atoms with E-state index in [4.69, 9.17) is 16.3 Å². The molecule has 1 atom stereocenters. The molecule has 0 saturated heterocycles. The Morgan fingerprint density at radius 2 is 1.78 bits per heavy atom. The van der Waals surface area contributed by atoms with Gasteiger partial charge in [-0.1, -0.05) is 48.4 Å². The summed E-state index contributed by atoms with van der Waals surface area (Å²) in [6.45, 7) is 4.54. The molecule has 1 N–H and O–H groups in total. The van der Waals surface area contributed by atoms with Crippen molar-refractivity contribution in [1.82, 2.24) is 5.32 Å². The van der Waals surface area contributed by atoms with Gasteiger partial charge in [0.25, 0.3) is 5.91 Å². The summed E-state index contributed by atoms with van der Waals surface area (Å²) in [7, 11) is 0. The zero-order valence-electron chi connectivity index (χ0n) is 13.5. The highest BCUT2D eigenvalue weighted by Gasteiger charge is 2.17. The number of hydrogen-bond donors (Lipinski definition) is 1. The molecule has 4 heteroatoms. The largest absolute Gasteiger partial charge is 0.481 e. The Bertz CT molecular complexity index is 623. The Hall–Kier alpha value is -2.00. The lowest BCUT2D eigenvalue weighted by molar-refractivity contribution is -0.128. The maximum atomic E-state index is 12.2. The van der Waals surface area contributed by atoms with Crippen LogP contribution in [0.15, 0.2) is 48.5 Å². The van der Waals surface area contributed by atoms with E-state index in [1.165, 1.54) is 0 Å². The zero-order chi connectivity index (χ0) is 16.7. The van der Waals surface area contributed by atoms with E-state index in [0.29, 0.717) is 13.0 Å². The SMILES string of the molecule is CC[C@@H](Oc1ccc(C)cc1)C(=O)NCCc1ccc(Cl)cc1. The molecule has 2 rings (SSSR count). The summed E-state index contributed by atoms with van der Waals surface area (Å²) in [6, 6.07) is 15.4. The Morgan fingerprint density at radius 3 is 2.39 bits per heavy atom. The third kappa shape index (κ3) is 5.61. The van der Waals surface area contributed by atoms with Crippen molar-refractivity contribution in [2.24, 2.45) is 0 Å². The van der Waals surface area contributed by atoms with Crippen LogP contribution in [0.25, 0.3) is 0 Å². The number of aryl methyl sites for hydroxylation is 1. The van der Waals surface area contributed by atoms with Crippen molar-refractivity contribution in [2.45, 2.75) is 32.8 Å². The fraction of sp³-hybridized carbons (Fsp3) is 0.316. The molecule has 0 spiro atoms. The molecule has 3 nitrogen and oxygen atoms in total. The summed E-state index contributed by atoms with van der Waals surface area (Å²) in [5.74, 6) is 0.636. The molecule has 2 aromatic carbocycles. The van der Waals surface area contributed by atoms with Gasteiger partial charge >= 0.3 is 0 Å². The average Bonchev–Trinajstić information content (AvgIpc) is 2.56. The maximum absolute atomic E-state index is 12.2. The minimum atomic E-state index is -0.470. The van der Waals surface area contributed by atoms with Crippen LogP contribution in [0, 0.1) is 6.92 Å². The van der Waals surface area contributed by atoms with Crippen LogP contribution >= 0.6 is 11.6 Å². The molecule has 0 aromatic heterocycles. The summed E-state index contributed by atoms with van der Waals surface area (Å²) in [4.78, 5) is 12.2. The fourth-order valence-electron chi connectivity index (χ4n) is 2.20. The van der Waals surface area contributed by atoms with Gasteiger partial charge < -0.3 is 10.1 Å². The molecular weight excluding hydrogens is 310 g/mol. The van der Waals surface area contributed by atoms with Crippen LogP contribution in [0.5, 0.6) is 5.75 Å². The number of benzene rings is 2. The predicted molar refractivity (Wildman–Crippen MR) is 94.1 cm³/mol. The highest BCUT2D eigenvalue weighted by molar-refractivity contribution is 6.30. The van der Waals surface area contributed by atoms with Crippen LogP contribution in [0.2, 0.25) is 5.02 Å². The maximum Gasteiger partial charge on any atom is 0.261 e. The topological polar surface area (TPSA) is 38.3 Å². The van der Waals surface area contributed by atoms with Crippen molar-refractivity contribution in [3.8, 4) is 5.75 Å². The lowest BCUT2D eigenvalue weighted by Crippen LogP contribution is -2.38. The molecule has 2 aromatic rings. The number of rotatable bonds is 7. The third-order valence-corrected chi connectivity index (χ3v) is 3.84. The van der Waals surface area contributed by atoms with Gasteiger partial charge in [0.1, 0.15) is 5.75 Å². The van der Waals surface area contributed by atoms with Gasteiger partial charge in [-0.25, -0.2) is 0 Å². The molecule has 0 aliphatic heterocycles. The van der Waals surface area contributed by atoms with Crippen LogP contribution in [-0.4, -0.2) is 18.6 Å². The molecule has 0 heterocycles. The molecule has 23 heavy (non-hydrogen) atoms. The third-order valence-electron chi connectivity index (χ3n) is 3.59. The molecule has 0 radical (unpaired) electrons. The summed E-state index contributed by atoms with van der Waals surface area (Å²) in [5.41, 5.74) is 2.31. The van der Waals surface area contributed by atoms with Gasteiger partial charge in [0.05, 0.1) is 0 Å². The van der Waals surface area contributed by atoms with Crippen molar-refractivity contribution in [3.05, 3.63) is 64.7 Å². The van der Waals surface area contributed by atoms with Gasteiger partial charge in [0.15, 0.2) is 6.10 Å². The van der Waals surface area contributed by atoms with Crippen molar-refractivity contribution < 1.29 is 9.53 Å². The van der Waals surface area contributed by atoms with E-state index in [0.717, 1.165) is 28.3 Å². The number of hydrogen-bond acceptors (Lipinski definition) is 2. The molecule has 0 aliphatic rings. The van der Waals surface area contributed by atoms with Gasteiger partial charge in [-0.15, -0.1) is 0 Å². The number of carbonyl (C=O) groups is 1. The van der Waals surface area contributed by atoms with Crippen molar-refractivity contribution in [1.29, 1.82) is 0 Å². The first kappa shape index (κ1) is 17.4. The molecule has 1 amide bonds. The Balaban J connectivity index is 1.82. The first-order valence-electron chi connectivity index (χ1n) is 7.84. The fourth-order valence-corrected chi connectivity index (χ4v) is 2.32. The van der Waals surface area contributed by atoms with Crippen molar-refractivity contribution in [3.63, 3.8) is 0 Å². The predicted octanol–water partition coefficient (Wildman–Crippen LogP) is 4.16. The smallest absolute Gasteiger partial charge is 0.261 e. The number of ether oxygens (including phenoxy) is 1. The van der Waals surface area contributed by atoms with E-state index in [2.05, 4.69) is 5.32 Å². The van der Waals surface area contributed by atoms with E-state index in [1.807, 2.05) is 62.4 Å². The first-order chi connectivity index (χ1) is 11.1. The highest BCUT2D eigenvalue weighted by atomic mass is 35.5. The molecular formula is C19H22ClNO2. The second-order valence-corrected chi connectivity index (χ2v) is 5.93. The lowest BCUT2D eigenvalue weighted by Gasteiger charge is -2.17. The number of halogens is 1. The second kappa shape index (κ2) is 8.59. The van der Waals surface area contributed by atoms with Crippen molar-refractivity contribution >= 4 is 17.5 Å². The molecule has 0 aliphatic carbocycles. The normalized spacial score (nSPS) is 11.8. The summed E-state index contributed by atoms with van der Waals surface area (Å²) in [5, 5.41) is 3.65. The van der Waals surface area contributed by atoms with Gasteiger partial charge in [-0.05, 0) is 49.6 Å². The van der Waals surface area contributed by atoms with Gasteiger partial charge in [0.2, 0.25) is 0 Å².